The zero-order valence-electron chi connectivity index (χ0n) is 14.0. The Morgan fingerprint density at radius 1 is 1.00 bits per heavy atom. The molecular weight excluding hydrogens is 274 g/mol. The van der Waals surface area contributed by atoms with Crippen molar-refractivity contribution in [3.8, 4) is 0 Å². The van der Waals surface area contributed by atoms with Crippen LogP contribution < -0.4 is 0 Å². The molecule has 1 aromatic carbocycles. The van der Waals surface area contributed by atoms with E-state index in [-0.39, 0.29) is 5.91 Å². The third-order valence-electron chi connectivity index (χ3n) is 4.41. The molecule has 1 fully saturated rings. The molecule has 122 valence electrons. The van der Waals surface area contributed by atoms with Crippen LogP contribution in [-0.4, -0.2) is 66.4 Å². The maximum Gasteiger partial charge on any atom is 0.236 e. The Bertz CT molecular complexity index is 445. The molecule has 0 spiro atoms. The Kier molecular flexibility index (Phi) is 6.87. The van der Waals surface area contributed by atoms with Crippen molar-refractivity contribution in [2.45, 2.75) is 26.8 Å². The van der Waals surface area contributed by atoms with Crippen molar-refractivity contribution in [1.82, 2.24) is 14.7 Å². The molecule has 1 saturated heterocycles. The number of hydrogen-bond acceptors (Lipinski definition) is 3. The van der Waals surface area contributed by atoms with E-state index in [1.54, 1.807) is 0 Å². The van der Waals surface area contributed by atoms with Crippen molar-refractivity contribution < 1.29 is 4.79 Å². The van der Waals surface area contributed by atoms with E-state index in [1.165, 1.54) is 5.56 Å². The summed E-state index contributed by atoms with van der Waals surface area (Å²) in [6.07, 6.45) is 1.14. The van der Waals surface area contributed by atoms with Gasteiger partial charge < -0.3 is 4.90 Å². The number of nitrogens with zero attached hydrogens (tertiary/aromatic N) is 3. The highest BCUT2D eigenvalue weighted by atomic mass is 16.2. The first-order valence-electron chi connectivity index (χ1n) is 8.49. The molecule has 0 aliphatic carbocycles. The summed E-state index contributed by atoms with van der Waals surface area (Å²) in [5, 5.41) is 0. The molecule has 0 bridgehead atoms. The van der Waals surface area contributed by atoms with Gasteiger partial charge in [0.05, 0.1) is 6.54 Å². The smallest absolute Gasteiger partial charge is 0.236 e. The molecule has 0 atom stereocenters. The van der Waals surface area contributed by atoms with E-state index in [0.29, 0.717) is 6.54 Å². The Hall–Kier alpha value is -1.39. The lowest BCUT2D eigenvalue weighted by atomic mass is 10.2. The van der Waals surface area contributed by atoms with Gasteiger partial charge in [-0.1, -0.05) is 30.3 Å². The van der Waals surface area contributed by atoms with Crippen molar-refractivity contribution in [1.29, 1.82) is 0 Å². The Morgan fingerprint density at radius 2 is 1.64 bits per heavy atom. The monoisotopic (exact) mass is 303 g/mol. The predicted octanol–water partition coefficient (Wildman–Crippen LogP) is 2.06. The summed E-state index contributed by atoms with van der Waals surface area (Å²) in [5.74, 6) is 0.265. The number of likely N-dealkylation sites (N-methyl/N-ethyl adjacent to an activating group) is 1. The molecule has 0 saturated carbocycles. The topological polar surface area (TPSA) is 26.8 Å². The van der Waals surface area contributed by atoms with Gasteiger partial charge in [-0.2, -0.15) is 0 Å². The lowest BCUT2D eigenvalue weighted by Crippen LogP contribution is -2.41. The fourth-order valence-electron chi connectivity index (χ4n) is 3.05. The van der Waals surface area contributed by atoms with Crippen LogP contribution in [-0.2, 0) is 11.3 Å². The van der Waals surface area contributed by atoms with Crippen molar-refractivity contribution in [2.75, 3.05) is 45.8 Å². The maximum absolute atomic E-state index is 12.2. The Morgan fingerprint density at radius 3 is 2.32 bits per heavy atom. The van der Waals surface area contributed by atoms with Gasteiger partial charge in [0.25, 0.3) is 0 Å². The van der Waals surface area contributed by atoms with Crippen molar-refractivity contribution in [3.05, 3.63) is 35.9 Å². The molecule has 4 nitrogen and oxygen atoms in total. The molecule has 22 heavy (non-hydrogen) atoms. The summed E-state index contributed by atoms with van der Waals surface area (Å²) < 4.78 is 0. The highest BCUT2D eigenvalue weighted by molar-refractivity contribution is 5.78. The molecule has 2 rings (SSSR count). The number of hydrogen-bond donors (Lipinski definition) is 0. The van der Waals surface area contributed by atoms with Gasteiger partial charge in [0.2, 0.25) is 5.91 Å². The van der Waals surface area contributed by atoms with E-state index in [9.17, 15) is 4.79 Å². The first-order valence-corrected chi connectivity index (χ1v) is 8.49. The van der Waals surface area contributed by atoms with Gasteiger partial charge in [-0.05, 0) is 38.9 Å². The second kappa shape index (κ2) is 8.91. The van der Waals surface area contributed by atoms with Crippen LogP contribution in [0, 0.1) is 0 Å². The van der Waals surface area contributed by atoms with E-state index in [2.05, 4.69) is 40.1 Å². The molecule has 0 aromatic heterocycles. The van der Waals surface area contributed by atoms with Crippen molar-refractivity contribution >= 4 is 5.91 Å². The van der Waals surface area contributed by atoms with E-state index in [0.717, 1.165) is 52.2 Å². The lowest BCUT2D eigenvalue weighted by Gasteiger charge is -2.25. The van der Waals surface area contributed by atoms with E-state index in [4.69, 9.17) is 0 Å². The number of benzene rings is 1. The minimum Gasteiger partial charge on any atom is -0.342 e. The first kappa shape index (κ1) is 17.0. The van der Waals surface area contributed by atoms with Crippen molar-refractivity contribution in [3.63, 3.8) is 0 Å². The van der Waals surface area contributed by atoms with Gasteiger partial charge in [0.15, 0.2) is 0 Å². The SMILES string of the molecule is CCN(CC)C(=O)CN1CCCN(Cc2ccccc2)CC1. The van der Waals surface area contributed by atoms with Crippen LogP contribution in [0.3, 0.4) is 0 Å². The molecule has 0 unspecified atom stereocenters. The minimum atomic E-state index is 0.265. The van der Waals surface area contributed by atoms with Crippen LogP contribution in [0.2, 0.25) is 0 Å². The van der Waals surface area contributed by atoms with Gasteiger partial charge in [-0.25, -0.2) is 0 Å². The van der Waals surface area contributed by atoms with Gasteiger partial charge in [0.1, 0.15) is 0 Å². The van der Waals surface area contributed by atoms with E-state index < -0.39 is 0 Å². The molecule has 1 aromatic rings. The number of rotatable bonds is 6. The summed E-state index contributed by atoms with van der Waals surface area (Å²) >= 11 is 0. The molecule has 1 aliphatic rings. The fourth-order valence-corrected chi connectivity index (χ4v) is 3.05. The average molecular weight is 303 g/mol. The highest BCUT2D eigenvalue weighted by Crippen LogP contribution is 2.09. The van der Waals surface area contributed by atoms with Gasteiger partial charge in [-0.3, -0.25) is 14.6 Å². The van der Waals surface area contributed by atoms with Gasteiger partial charge in [0, 0.05) is 32.7 Å². The van der Waals surface area contributed by atoms with Crippen LogP contribution in [0.4, 0.5) is 0 Å². The number of carbonyl (C=O) groups excluding carboxylic acids is 1. The molecule has 4 heteroatoms. The normalized spacial score (nSPS) is 17.2. The lowest BCUT2D eigenvalue weighted by molar-refractivity contribution is -0.132. The molecule has 0 N–H and O–H groups in total. The third kappa shape index (κ3) is 5.11. The summed E-state index contributed by atoms with van der Waals surface area (Å²) in [5.41, 5.74) is 1.37. The Balaban J connectivity index is 1.81. The molecule has 1 aliphatic heterocycles. The summed E-state index contributed by atoms with van der Waals surface area (Å²) in [6, 6.07) is 10.6. The minimum absolute atomic E-state index is 0.265. The number of carbonyl (C=O) groups is 1. The highest BCUT2D eigenvalue weighted by Gasteiger charge is 2.19. The second-order valence-corrected chi connectivity index (χ2v) is 5.96. The third-order valence-corrected chi connectivity index (χ3v) is 4.41. The molecular formula is C18H29N3O. The largest absolute Gasteiger partial charge is 0.342 e. The van der Waals surface area contributed by atoms with Crippen molar-refractivity contribution in [2.24, 2.45) is 0 Å². The summed E-state index contributed by atoms with van der Waals surface area (Å²) in [6.45, 7) is 11.5. The molecule has 1 amide bonds. The van der Waals surface area contributed by atoms with E-state index in [1.807, 2.05) is 18.7 Å². The van der Waals surface area contributed by atoms with Crippen LogP contribution in [0.25, 0.3) is 0 Å². The summed E-state index contributed by atoms with van der Waals surface area (Å²) in [7, 11) is 0. The predicted molar refractivity (Wildman–Crippen MR) is 90.7 cm³/mol. The zero-order valence-corrected chi connectivity index (χ0v) is 14.0. The van der Waals surface area contributed by atoms with Crippen LogP contribution in [0.5, 0.6) is 0 Å². The maximum atomic E-state index is 12.2. The quantitative estimate of drug-likeness (QED) is 0.805. The average Bonchev–Trinajstić information content (AvgIpc) is 2.75. The zero-order chi connectivity index (χ0) is 15.8. The second-order valence-electron chi connectivity index (χ2n) is 5.96. The van der Waals surface area contributed by atoms with Gasteiger partial charge in [-0.15, -0.1) is 0 Å². The standard InChI is InChI=1S/C18H29N3O/c1-3-21(4-2)18(22)16-20-12-8-11-19(13-14-20)15-17-9-6-5-7-10-17/h5-7,9-10H,3-4,8,11-16H2,1-2H3. The van der Waals surface area contributed by atoms with Crippen LogP contribution >= 0.6 is 0 Å². The molecule has 1 heterocycles. The number of amides is 1. The first-order chi connectivity index (χ1) is 10.7. The fraction of sp³-hybridized carbons (Fsp3) is 0.611. The van der Waals surface area contributed by atoms with Crippen LogP contribution in [0.15, 0.2) is 30.3 Å². The van der Waals surface area contributed by atoms with Crippen LogP contribution in [0.1, 0.15) is 25.8 Å². The van der Waals surface area contributed by atoms with Gasteiger partial charge >= 0.3 is 0 Å². The Labute approximate surface area is 134 Å². The van der Waals surface area contributed by atoms with E-state index >= 15 is 0 Å². The molecule has 0 radical (unpaired) electrons. The summed E-state index contributed by atoms with van der Waals surface area (Å²) in [4.78, 5) is 19.0.